The second-order valence-electron chi connectivity index (χ2n) is 7.32. The number of rotatable bonds is 7. The maximum absolute atomic E-state index is 6.21. The highest BCUT2D eigenvalue weighted by Crippen LogP contribution is 2.35. The van der Waals surface area contributed by atoms with Crippen molar-refractivity contribution in [1.29, 1.82) is 0 Å². The monoisotopic (exact) mass is 565 g/mol. The fraction of sp³-hybridized carbons (Fsp3) is 0.0769. The zero-order valence-electron chi connectivity index (χ0n) is 17.8. The van der Waals surface area contributed by atoms with Gasteiger partial charge in [-0.25, -0.2) is 4.98 Å². The van der Waals surface area contributed by atoms with E-state index in [1.54, 1.807) is 24.7 Å². The molecule has 0 spiro atoms. The van der Waals surface area contributed by atoms with Gasteiger partial charge in [0.1, 0.15) is 6.61 Å². The van der Waals surface area contributed by atoms with Gasteiger partial charge >= 0.3 is 0 Å². The van der Waals surface area contributed by atoms with Crippen molar-refractivity contribution < 1.29 is 9.47 Å². The van der Waals surface area contributed by atoms with Crippen LogP contribution >= 0.6 is 33.9 Å². The topological polar surface area (TPSA) is 55.7 Å². The van der Waals surface area contributed by atoms with Gasteiger partial charge in [-0.3, -0.25) is 5.43 Å². The van der Waals surface area contributed by atoms with E-state index in [9.17, 15) is 0 Å². The van der Waals surface area contributed by atoms with Crippen LogP contribution in [0.25, 0.3) is 21.0 Å². The lowest BCUT2D eigenvalue weighted by Gasteiger charge is -2.14. The van der Waals surface area contributed by atoms with Gasteiger partial charge in [0.15, 0.2) is 11.5 Å². The van der Waals surface area contributed by atoms with Crippen LogP contribution in [0.5, 0.6) is 11.5 Å². The molecule has 0 fully saturated rings. The van der Waals surface area contributed by atoms with E-state index in [4.69, 9.17) is 9.47 Å². The van der Waals surface area contributed by atoms with Gasteiger partial charge in [0.05, 0.1) is 27.1 Å². The zero-order chi connectivity index (χ0) is 22.6. The normalized spacial score (nSPS) is 11.3. The Morgan fingerprint density at radius 3 is 2.73 bits per heavy atom. The van der Waals surface area contributed by atoms with Gasteiger partial charge in [-0.15, -0.1) is 0 Å². The maximum Gasteiger partial charge on any atom is 0.204 e. The molecular weight excluding hydrogens is 545 g/mol. The van der Waals surface area contributed by atoms with Crippen molar-refractivity contribution in [2.45, 2.75) is 6.61 Å². The summed E-state index contributed by atoms with van der Waals surface area (Å²) in [6, 6.07) is 26.5. The minimum atomic E-state index is 0.459. The van der Waals surface area contributed by atoms with E-state index in [2.05, 4.69) is 68.4 Å². The van der Waals surface area contributed by atoms with E-state index in [-0.39, 0.29) is 0 Å². The van der Waals surface area contributed by atoms with Crippen molar-refractivity contribution in [3.63, 3.8) is 0 Å². The summed E-state index contributed by atoms with van der Waals surface area (Å²) in [5.41, 5.74) is 6.02. The number of halogens is 1. The highest BCUT2D eigenvalue weighted by molar-refractivity contribution is 14.1. The third-order valence-corrected chi connectivity index (χ3v) is 6.91. The Hall–Kier alpha value is -3.17. The van der Waals surface area contributed by atoms with Crippen LogP contribution in [0.2, 0.25) is 0 Å². The SMILES string of the molecule is COc1cc(/C=N\Nc2nc3ccccc3s2)cc(I)c1OCc1cccc2ccccc12. The summed E-state index contributed by atoms with van der Waals surface area (Å²) in [4.78, 5) is 4.53. The van der Waals surface area contributed by atoms with Crippen LogP contribution < -0.4 is 14.9 Å². The van der Waals surface area contributed by atoms with E-state index in [0.29, 0.717) is 12.4 Å². The Morgan fingerprint density at radius 2 is 1.85 bits per heavy atom. The van der Waals surface area contributed by atoms with Gasteiger partial charge in [0, 0.05) is 0 Å². The second-order valence-corrected chi connectivity index (χ2v) is 9.51. The molecule has 5 aromatic rings. The van der Waals surface area contributed by atoms with E-state index >= 15 is 0 Å². The molecule has 0 aliphatic carbocycles. The molecule has 33 heavy (non-hydrogen) atoms. The summed E-state index contributed by atoms with van der Waals surface area (Å²) in [6.45, 7) is 0.459. The number of fused-ring (bicyclic) bond motifs is 2. The fourth-order valence-corrected chi connectivity index (χ4v) is 5.20. The Balaban J connectivity index is 1.32. The first-order valence-electron chi connectivity index (χ1n) is 10.3. The molecule has 0 amide bonds. The van der Waals surface area contributed by atoms with E-state index in [0.717, 1.165) is 35.8 Å². The zero-order valence-corrected chi connectivity index (χ0v) is 20.8. The molecule has 5 rings (SSSR count). The number of thiazole rings is 1. The molecule has 7 heteroatoms. The van der Waals surface area contributed by atoms with Crippen LogP contribution in [0, 0.1) is 3.57 Å². The number of nitrogens with one attached hydrogen (secondary N) is 1. The molecule has 1 heterocycles. The van der Waals surface area contributed by atoms with Crippen molar-refractivity contribution in [3.8, 4) is 11.5 Å². The summed E-state index contributed by atoms with van der Waals surface area (Å²) in [7, 11) is 1.65. The number of methoxy groups -OCH3 is 1. The Bertz CT molecular complexity index is 1430. The number of benzene rings is 4. The smallest absolute Gasteiger partial charge is 0.204 e. The van der Waals surface area contributed by atoms with Crippen molar-refractivity contribution in [2.75, 3.05) is 12.5 Å². The maximum atomic E-state index is 6.21. The van der Waals surface area contributed by atoms with Crippen LogP contribution in [-0.2, 0) is 6.61 Å². The third-order valence-electron chi connectivity index (χ3n) is 5.17. The van der Waals surface area contributed by atoms with Crippen LogP contribution in [0.1, 0.15) is 11.1 Å². The molecule has 1 aromatic heterocycles. The number of para-hydroxylation sites is 1. The van der Waals surface area contributed by atoms with Crippen LogP contribution in [0.4, 0.5) is 5.13 Å². The highest BCUT2D eigenvalue weighted by atomic mass is 127. The number of hydrazone groups is 1. The van der Waals surface area contributed by atoms with E-state index in [1.165, 1.54) is 10.8 Å². The molecule has 1 N–H and O–H groups in total. The molecule has 0 bridgehead atoms. The average molecular weight is 565 g/mol. The number of hydrogen-bond donors (Lipinski definition) is 1. The summed E-state index contributed by atoms with van der Waals surface area (Å²) in [5.74, 6) is 1.39. The first kappa shape index (κ1) is 21.7. The molecule has 4 aromatic carbocycles. The first-order chi connectivity index (χ1) is 16.2. The lowest BCUT2D eigenvalue weighted by Crippen LogP contribution is -2.01. The Labute approximate surface area is 209 Å². The van der Waals surface area contributed by atoms with Crippen LogP contribution in [-0.4, -0.2) is 18.3 Å². The van der Waals surface area contributed by atoms with Crippen LogP contribution in [0.15, 0.2) is 84.0 Å². The van der Waals surface area contributed by atoms with E-state index < -0.39 is 0 Å². The lowest BCUT2D eigenvalue weighted by atomic mass is 10.1. The number of hydrogen-bond acceptors (Lipinski definition) is 6. The minimum Gasteiger partial charge on any atom is -0.493 e. The predicted octanol–water partition coefficient (Wildman–Crippen LogP) is 7.09. The Morgan fingerprint density at radius 1 is 1.03 bits per heavy atom. The predicted molar refractivity (Wildman–Crippen MR) is 145 cm³/mol. The molecule has 0 aliphatic rings. The molecule has 164 valence electrons. The Kier molecular flexibility index (Phi) is 6.41. The number of anilines is 1. The third kappa shape index (κ3) is 4.79. The van der Waals surface area contributed by atoms with Crippen molar-refractivity contribution >= 4 is 66.3 Å². The van der Waals surface area contributed by atoms with Crippen molar-refractivity contribution in [1.82, 2.24) is 4.98 Å². The summed E-state index contributed by atoms with van der Waals surface area (Å²) in [5, 5.41) is 7.50. The molecule has 0 radical (unpaired) electrons. The van der Waals surface area contributed by atoms with Gasteiger partial charge < -0.3 is 9.47 Å². The molecule has 0 unspecified atom stereocenters. The summed E-state index contributed by atoms with van der Waals surface area (Å²) in [6.07, 6.45) is 1.76. The number of ether oxygens (including phenoxy) is 2. The summed E-state index contributed by atoms with van der Waals surface area (Å²) < 4.78 is 13.9. The second kappa shape index (κ2) is 9.76. The van der Waals surface area contributed by atoms with Gasteiger partial charge in [-0.1, -0.05) is 65.9 Å². The van der Waals surface area contributed by atoms with Gasteiger partial charge in [-0.2, -0.15) is 5.10 Å². The first-order valence-corrected chi connectivity index (χ1v) is 12.2. The molecular formula is C26H20IN3O2S. The van der Waals surface area contributed by atoms with Gasteiger partial charge in [-0.05, 0) is 68.8 Å². The minimum absolute atomic E-state index is 0.459. The number of aromatic nitrogens is 1. The molecule has 0 atom stereocenters. The quantitative estimate of drug-likeness (QED) is 0.130. The molecule has 0 saturated carbocycles. The molecule has 0 aliphatic heterocycles. The van der Waals surface area contributed by atoms with Crippen LogP contribution in [0.3, 0.4) is 0 Å². The summed E-state index contributed by atoms with van der Waals surface area (Å²) >= 11 is 3.84. The fourth-order valence-electron chi connectivity index (χ4n) is 3.60. The van der Waals surface area contributed by atoms with Gasteiger partial charge in [0.25, 0.3) is 0 Å². The number of nitrogens with zero attached hydrogens (tertiary/aromatic N) is 2. The van der Waals surface area contributed by atoms with Crippen molar-refractivity contribution in [3.05, 3.63) is 93.6 Å². The van der Waals surface area contributed by atoms with Gasteiger partial charge in [0.2, 0.25) is 5.13 Å². The highest BCUT2D eigenvalue weighted by Gasteiger charge is 2.12. The average Bonchev–Trinajstić information content (AvgIpc) is 3.26. The standard InChI is InChI=1S/C26H20IN3O2S/c1-31-23-14-17(15-28-30-26-29-22-11-4-5-12-24(22)33-26)13-21(27)25(23)32-16-19-9-6-8-18-7-2-3-10-20(18)19/h2-15H,16H2,1H3,(H,29,30)/b28-15-. The molecule has 0 saturated heterocycles. The largest absolute Gasteiger partial charge is 0.493 e. The molecule has 5 nitrogen and oxygen atoms in total. The van der Waals surface area contributed by atoms with Crippen molar-refractivity contribution in [2.24, 2.45) is 5.10 Å². The lowest BCUT2D eigenvalue weighted by molar-refractivity contribution is 0.283. The van der Waals surface area contributed by atoms with E-state index in [1.807, 2.05) is 48.5 Å².